The third-order valence-corrected chi connectivity index (χ3v) is 5.89. The highest BCUT2D eigenvalue weighted by Crippen LogP contribution is 2.14. The average molecular weight is 440 g/mol. The maximum atomic E-state index is 12.5. The summed E-state index contributed by atoms with van der Waals surface area (Å²) >= 11 is 0. The summed E-state index contributed by atoms with van der Waals surface area (Å²) in [5.41, 5.74) is 2.74. The molecule has 6 nitrogen and oxygen atoms in total. The molecule has 0 aliphatic heterocycles. The van der Waals surface area contributed by atoms with E-state index in [2.05, 4.69) is 5.32 Å². The number of carbonyl (C=O) groups is 1. The number of rotatable bonds is 9. The molecule has 0 saturated carbocycles. The fourth-order valence-corrected chi connectivity index (χ4v) is 3.88. The standard InChI is InChI=1S/C24H25NO5S/c1-19-12-14-23(15-13-19)31(27,28)30-18-22(16-20-8-4-2-5-9-20)25-24(26)29-17-21-10-6-3-7-11-21/h2-15,22H,16-18H2,1H3,(H,25,26)/t22-/m1/s1. The van der Waals surface area contributed by atoms with Crippen molar-refractivity contribution in [3.05, 3.63) is 102 Å². The first-order valence-electron chi connectivity index (χ1n) is 9.89. The summed E-state index contributed by atoms with van der Waals surface area (Å²) in [5.74, 6) is 0. The number of aryl methyl sites for hydroxylation is 1. The Morgan fingerprint density at radius 1 is 0.871 bits per heavy atom. The Balaban J connectivity index is 1.64. The van der Waals surface area contributed by atoms with Gasteiger partial charge in [-0.05, 0) is 36.6 Å². The zero-order valence-corrected chi connectivity index (χ0v) is 18.0. The maximum absolute atomic E-state index is 12.5. The molecular formula is C24H25NO5S. The van der Waals surface area contributed by atoms with E-state index < -0.39 is 22.3 Å². The molecule has 31 heavy (non-hydrogen) atoms. The molecule has 3 rings (SSSR count). The summed E-state index contributed by atoms with van der Waals surface area (Å²) in [6.45, 7) is 1.77. The van der Waals surface area contributed by atoms with Gasteiger partial charge in [-0.25, -0.2) is 4.79 Å². The van der Waals surface area contributed by atoms with E-state index in [-0.39, 0.29) is 18.1 Å². The molecule has 0 saturated heterocycles. The first-order chi connectivity index (χ1) is 14.9. The molecule has 0 aliphatic carbocycles. The van der Waals surface area contributed by atoms with Crippen LogP contribution >= 0.6 is 0 Å². The number of carbonyl (C=O) groups excluding carboxylic acids is 1. The lowest BCUT2D eigenvalue weighted by atomic mass is 10.1. The molecule has 3 aromatic carbocycles. The first-order valence-corrected chi connectivity index (χ1v) is 11.3. The van der Waals surface area contributed by atoms with E-state index in [9.17, 15) is 13.2 Å². The third kappa shape index (κ3) is 7.24. The van der Waals surface area contributed by atoms with Crippen LogP contribution < -0.4 is 5.32 Å². The van der Waals surface area contributed by atoms with Gasteiger partial charge in [0.25, 0.3) is 10.1 Å². The van der Waals surface area contributed by atoms with Gasteiger partial charge in [-0.15, -0.1) is 0 Å². The Bertz CT molecular complexity index is 1070. The molecule has 7 heteroatoms. The minimum Gasteiger partial charge on any atom is -0.445 e. The number of ether oxygens (including phenoxy) is 1. The van der Waals surface area contributed by atoms with Crippen LogP contribution in [0.4, 0.5) is 4.79 Å². The highest BCUT2D eigenvalue weighted by atomic mass is 32.2. The van der Waals surface area contributed by atoms with Crippen LogP contribution in [-0.2, 0) is 32.1 Å². The Kier molecular flexibility index (Phi) is 7.81. The maximum Gasteiger partial charge on any atom is 0.407 e. The Labute approximate surface area is 183 Å². The number of nitrogens with one attached hydrogen (secondary N) is 1. The van der Waals surface area contributed by atoms with Crippen molar-refractivity contribution in [2.45, 2.75) is 30.9 Å². The van der Waals surface area contributed by atoms with Crippen molar-refractivity contribution in [2.75, 3.05) is 6.61 Å². The van der Waals surface area contributed by atoms with Crippen LogP contribution in [0.3, 0.4) is 0 Å². The van der Waals surface area contributed by atoms with Gasteiger partial charge in [-0.1, -0.05) is 78.4 Å². The van der Waals surface area contributed by atoms with Gasteiger partial charge >= 0.3 is 6.09 Å². The van der Waals surface area contributed by atoms with E-state index in [1.54, 1.807) is 12.1 Å². The molecule has 0 heterocycles. The fraction of sp³-hybridized carbons (Fsp3) is 0.208. The van der Waals surface area contributed by atoms with E-state index in [0.29, 0.717) is 6.42 Å². The van der Waals surface area contributed by atoms with Crippen LogP contribution in [0, 0.1) is 6.92 Å². The second-order valence-corrected chi connectivity index (χ2v) is 8.76. The van der Waals surface area contributed by atoms with Crippen LogP contribution in [-0.4, -0.2) is 27.2 Å². The number of amides is 1. The minimum atomic E-state index is -3.95. The fourth-order valence-electron chi connectivity index (χ4n) is 2.93. The summed E-state index contributed by atoms with van der Waals surface area (Å²) in [7, 11) is -3.95. The normalized spacial score (nSPS) is 12.2. The lowest BCUT2D eigenvalue weighted by molar-refractivity contribution is 0.131. The number of hydrogen-bond acceptors (Lipinski definition) is 5. The minimum absolute atomic E-state index is 0.0724. The lowest BCUT2D eigenvalue weighted by Crippen LogP contribution is -2.40. The molecule has 0 bridgehead atoms. The van der Waals surface area contributed by atoms with Crippen molar-refractivity contribution in [2.24, 2.45) is 0 Å². The van der Waals surface area contributed by atoms with Crippen molar-refractivity contribution in [1.29, 1.82) is 0 Å². The predicted octanol–water partition coefficient (Wildman–Crippen LogP) is 4.24. The number of alkyl carbamates (subject to hydrolysis) is 1. The van der Waals surface area contributed by atoms with E-state index in [1.165, 1.54) is 12.1 Å². The van der Waals surface area contributed by atoms with Gasteiger partial charge in [0, 0.05) is 0 Å². The Morgan fingerprint density at radius 3 is 2.06 bits per heavy atom. The van der Waals surface area contributed by atoms with Crippen molar-refractivity contribution in [3.8, 4) is 0 Å². The zero-order valence-electron chi connectivity index (χ0n) is 17.2. The van der Waals surface area contributed by atoms with Gasteiger partial charge in [-0.2, -0.15) is 8.42 Å². The highest BCUT2D eigenvalue weighted by molar-refractivity contribution is 7.86. The summed E-state index contributed by atoms with van der Waals surface area (Å²) in [4.78, 5) is 12.4. The molecule has 1 amide bonds. The van der Waals surface area contributed by atoms with Gasteiger partial charge < -0.3 is 10.1 Å². The van der Waals surface area contributed by atoms with Crippen LogP contribution in [0.5, 0.6) is 0 Å². The molecular weight excluding hydrogens is 414 g/mol. The lowest BCUT2D eigenvalue weighted by Gasteiger charge is -2.19. The first kappa shape index (κ1) is 22.5. The molecule has 0 spiro atoms. The molecule has 0 aliphatic rings. The van der Waals surface area contributed by atoms with Gasteiger partial charge in [0.15, 0.2) is 0 Å². The van der Waals surface area contributed by atoms with E-state index in [0.717, 1.165) is 16.7 Å². The van der Waals surface area contributed by atoms with Gasteiger partial charge in [0.2, 0.25) is 0 Å². The molecule has 1 atom stereocenters. The van der Waals surface area contributed by atoms with Crippen LogP contribution in [0.1, 0.15) is 16.7 Å². The quantitative estimate of drug-likeness (QED) is 0.505. The molecule has 0 fully saturated rings. The van der Waals surface area contributed by atoms with Crippen molar-refractivity contribution in [3.63, 3.8) is 0 Å². The SMILES string of the molecule is Cc1ccc(S(=O)(=O)OC[C@@H](Cc2ccccc2)NC(=O)OCc2ccccc2)cc1. The van der Waals surface area contributed by atoms with Crippen LogP contribution in [0.25, 0.3) is 0 Å². The zero-order chi connectivity index (χ0) is 22.1. The van der Waals surface area contributed by atoms with Crippen molar-refractivity contribution >= 4 is 16.2 Å². The molecule has 162 valence electrons. The van der Waals surface area contributed by atoms with Crippen molar-refractivity contribution in [1.82, 2.24) is 5.32 Å². The summed E-state index contributed by atoms with van der Waals surface area (Å²) in [6, 6.07) is 24.6. The van der Waals surface area contributed by atoms with E-state index >= 15 is 0 Å². The number of hydrogen-bond donors (Lipinski definition) is 1. The van der Waals surface area contributed by atoms with Crippen LogP contribution in [0.2, 0.25) is 0 Å². The topological polar surface area (TPSA) is 81.7 Å². The second kappa shape index (κ2) is 10.7. The summed E-state index contributed by atoms with van der Waals surface area (Å²) in [5, 5.41) is 2.72. The average Bonchev–Trinajstić information content (AvgIpc) is 2.78. The third-order valence-electron chi connectivity index (χ3n) is 4.59. The smallest absolute Gasteiger partial charge is 0.407 e. The van der Waals surface area contributed by atoms with E-state index in [4.69, 9.17) is 8.92 Å². The summed E-state index contributed by atoms with van der Waals surface area (Å²) < 4.78 is 35.6. The van der Waals surface area contributed by atoms with E-state index in [1.807, 2.05) is 67.6 Å². The molecule has 3 aromatic rings. The van der Waals surface area contributed by atoms with Gasteiger partial charge in [-0.3, -0.25) is 4.18 Å². The van der Waals surface area contributed by atoms with Crippen molar-refractivity contribution < 1.29 is 22.1 Å². The molecule has 0 radical (unpaired) electrons. The van der Waals surface area contributed by atoms with Gasteiger partial charge in [0.1, 0.15) is 6.61 Å². The Morgan fingerprint density at radius 2 is 1.45 bits per heavy atom. The molecule has 0 unspecified atom stereocenters. The summed E-state index contributed by atoms with van der Waals surface area (Å²) in [6.07, 6.45) is -0.244. The predicted molar refractivity (Wildman–Crippen MR) is 118 cm³/mol. The van der Waals surface area contributed by atoms with Gasteiger partial charge in [0.05, 0.1) is 17.5 Å². The van der Waals surface area contributed by atoms with Crippen LogP contribution in [0.15, 0.2) is 89.8 Å². The largest absolute Gasteiger partial charge is 0.445 e. The Hall–Kier alpha value is -3.16. The number of benzene rings is 3. The highest BCUT2D eigenvalue weighted by Gasteiger charge is 2.21. The monoisotopic (exact) mass is 439 g/mol. The second-order valence-electron chi connectivity index (χ2n) is 7.14. The molecule has 1 N–H and O–H groups in total. The molecule has 0 aromatic heterocycles.